The molecule has 0 radical (unpaired) electrons. The summed E-state index contributed by atoms with van der Waals surface area (Å²) in [6, 6.07) is 2.00. The minimum atomic E-state index is -0.640. The monoisotopic (exact) mass is 433 g/mol. The first-order valence-electron chi connectivity index (χ1n) is 9.75. The Bertz CT molecular complexity index is 991. The maximum absolute atomic E-state index is 13.1. The summed E-state index contributed by atoms with van der Waals surface area (Å²) in [7, 11) is 0. The van der Waals surface area contributed by atoms with E-state index in [2.05, 4.69) is 28.8 Å². The number of aliphatic imine (C=N–C) groups is 1. The van der Waals surface area contributed by atoms with E-state index in [1.165, 1.54) is 11.8 Å². The molecule has 0 aliphatic carbocycles. The maximum atomic E-state index is 13.1. The van der Waals surface area contributed by atoms with Gasteiger partial charge in [0.25, 0.3) is 5.56 Å². The number of aromatic nitrogens is 2. The number of hydrogen-bond donors (Lipinski definition) is 1. The molecular weight excluding hydrogens is 406 g/mol. The quantitative estimate of drug-likeness (QED) is 0.406. The Hall–Kier alpha value is -1.93. The Morgan fingerprint density at radius 2 is 2.03 bits per heavy atom. The number of thiophene rings is 1. The van der Waals surface area contributed by atoms with Gasteiger partial charge in [0.2, 0.25) is 0 Å². The van der Waals surface area contributed by atoms with Crippen molar-refractivity contribution in [2.45, 2.75) is 58.7 Å². The van der Waals surface area contributed by atoms with Gasteiger partial charge >= 0.3 is 5.97 Å². The van der Waals surface area contributed by atoms with E-state index >= 15 is 0 Å². The molecule has 0 aromatic carbocycles. The van der Waals surface area contributed by atoms with E-state index in [-0.39, 0.29) is 17.6 Å². The van der Waals surface area contributed by atoms with Crippen LogP contribution in [0.4, 0.5) is 5.82 Å². The minimum absolute atomic E-state index is 0.238. The smallest absolute Gasteiger partial charge is 0.315 e. The number of carbonyl (C=O) groups excluding carboxylic acids is 1. The molecule has 0 saturated carbocycles. The van der Waals surface area contributed by atoms with Gasteiger partial charge in [-0.25, -0.2) is 9.98 Å². The zero-order valence-corrected chi connectivity index (χ0v) is 19.2. The van der Waals surface area contributed by atoms with Crippen LogP contribution in [0.25, 0.3) is 0 Å². The highest BCUT2D eigenvalue weighted by Gasteiger charge is 2.42. The summed E-state index contributed by atoms with van der Waals surface area (Å²) in [5.41, 5.74) is 1.87. The highest BCUT2D eigenvalue weighted by atomic mass is 32.2. The molecule has 0 spiro atoms. The first-order chi connectivity index (χ1) is 13.7. The number of nitrogens with zero attached hydrogens (tertiary/aromatic N) is 2. The second-order valence-corrected chi connectivity index (χ2v) is 9.93. The molecule has 8 heteroatoms. The van der Waals surface area contributed by atoms with Crippen molar-refractivity contribution < 1.29 is 9.53 Å². The molecule has 2 aromatic heterocycles. The van der Waals surface area contributed by atoms with Gasteiger partial charge in [-0.05, 0) is 50.6 Å². The van der Waals surface area contributed by atoms with Crippen molar-refractivity contribution in [3.63, 3.8) is 0 Å². The number of aromatic amines is 1. The van der Waals surface area contributed by atoms with Crippen LogP contribution in [0.2, 0.25) is 0 Å². The standard InChI is InChI=1S/C21H27N3O3S2/c1-10(2)9-29-21-23-18-16(19(25)24-21)15(17-12(5)7-8-28-17)14(13(6)22-18)20(26)27-11(3)4/h7-8,10-11,14-15H,9H2,1-6H3,(H,23,24,25). The van der Waals surface area contributed by atoms with Crippen molar-refractivity contribution in [2.75, 3.05) is 5.75 Å². The van der Waals surface area contributed by atoms with Crippen LogP contribution in [-0.2, 0) is 9.53 Å². The van der Waals surface area contributed by atoms with E-state index in [0.717, 1.165) is 16.2 Å². The number of ether oxygens (including phenoxy) is 1. The summed E-state index contributed by atoms with van der Waals surface area (Å²) in [5.74, 6) is 0.282. The normalized spacial score (nSPS) is 18.7. The first-order valence-corrected chi connectivity index (χ1v) is 11.6. The van der Waals surface area contributed by atoms with Crippen LogP contribution in [-0.4, -0.2) is 33.5 Å². The van der Waals surface area contributed by atoms with Gasteiger partial charge in [0, 0.05) is 22.3 Å². The molecular formula is C21H27N3O3S2. The second kappa shape index (κ2) is 8.83. The molecule has 2 atom stereocenters. The zero-order chi connectivity index (χ0) is 21.3. The number of rotatable bonds is 6. The molecule has 1 N–H and O–H groups in total. The number of aryl methyl sites for hydroxylation is 1. The van der Waals surface area contributed by atoms with Crippen LogP contribution >= 0.6 is 23.1 Å². The fraction of sp³-hybridized carbons (Fsp3) is 0.524. The van der Waals surface area contributed by atoms with E-state index in [4.69, 9.17) is 4.74 Å². The summed E-state index contributed by atoms with van der Waals surface area (Å²) < 4.78 is 5.52. The number of hydrogen-bond acceptors (Lipinski definition) is 7. The van der Waals surface area contributed by atoms with Crippen molar-refractivity contribution in [1.82, 2.24) is 9.97 Å². The van der Waals surface area contributed by atoms with E-state index in [1.54, 1.807) is 11.3 Å². The van der Waals surface area contributed by atoms with Crippen molar-refractivity contribution in [2.24, 2.45) is 16.8 Å². The highest BCUT2D eigenvalue weighted by molar-refractivity contribution is 7.99. The molecule has 0 bridgehead atoms. The largest absolute Gasteiger partial charge is 0.462 e. The Labute approximate surface area is 179 Å². The third kappa shape index (κ3) is 4.64. The van der Waals surface area contributed by atoms with Crippen molar-refractivity contribution >= 4 is 40.6 Å². The van der Waals surface area contributed by atoms with Gasteiger partial charge in [-0.3, -0.25) is 9.59 Å². The number of fused-ring (bicyclic) bond motifs is 1. The first kappa shape index (κ1) is 21.8. The average molecular weight is 434 g/mol. The number of esters is 1. The van der Waals surface area contributed by atoms with Crippen LogP contribution in [0.3, 0.4) is 0 Å². The van der Waals surface area contributed by atoms with E-state index in [0.29, 0.717) is 28.2 Å². The number of carbonyl (C=O) groups is 1. The average Bonchev–Trinajstić information content (AvgIpc) is 3.03. The third-order valence-electron chi connectivity index (χ3n) is 4.63. The highest BCUT2D eigenvalue weighted by Crippen LogP contribution is 2.43. The Morgan fingerprint density at radius 3 is 2.62 bits per heavy atom. The van der Waals surface area contributed by atoms with Gasteiger partial charge in [0.05, 0.1) is 11.7 Å². The van der Waals surface area contributed by atoms with E-state index in [9.17, 15) is 9.59 Å². The second-order valence-electron chi connectivity index (χ2n) is 7.98. The summed E-state index contributed by atoms with van der Waals surface area (Å²) in [4.78, 5) is 39.1. The van der Waals surface area contributed by atoms with Crippen molar-refractivity contribution in [3.05, 3.63) is 37.8 Å². The van der Waals surface area contributed by atoms with E-state index in [1.807, 2.05) is 39.1 Å². The zero-order valence-electron chi connectivity index (χ0n) is 17.6. The Morgan fingerprint density at radius 1 is 1.31 bits per heavy atom. The number of H-pyrrole nitrogens is 1. The molecule has 2 unspecified atom stereocenters. The van der Waals surface area contributed by atoms with Gasteiger partial charge in [-0.1, -0.05) is 25.6 Å². The summed E-state index contributed by atoms with van der Waals surface area (Å²) in [6.45, 7) is 11.7. The fourth-order valence-corrected chi connectivity index (χ4v) is 5.25. The number of thioether (sulfide) groups is 1. The van der Waals surface area contributed by atoms with E-state index < -0.39 is 11.8 Å². The molecule has 29 heavy (non-hydrogen) atoms. The molecule has 0 amide bonds. The lowest BCUT2D eigenvalue weighted by Gasteiger charge is -2.30. The molecule has 0 fully saturated rings. The van der Waals surface area contributed by atoms with Crippen molar-refractivity contribution in [3.8, 4) is 0 Å². The third-order valence-corrected chi connectivity index (χ3v) is 7.04. The van der Waals surface area contributed by atoms with Gasteiger partial charge < -0.3 is 9.72 Å². The summed E-state index contributed by atoms with van der Waals surface area (Å²) in [6.07, 6.45) is -0.243. The Balaban J connectivity index is 2.14. The van der Waals surface area contributed by atoms with Crippen LogP contribution in [0, 0.1) is 18.8 Å². The Kier molecular flexibility index (Phi) is 6.63. The molecule has 156 valence electrons. The number of nitrogens with one attached hydrogen (secondary N) is 1. The maximum Gasteiger partial charge on any atom is 0.315 e. The van der Waals surface area contributed by atoms with Crippen LogP contribution in [0.1, 0.15) is 56.5 Å². The molecule has 3 rings (SSSR count). The van der Waals surface area contributed by atoms with Crippen LogP contribution in [0.5, 0.6) is 0 Å². The SMILES string of the molecule is CC1=Nc2nc(SCC(C)C)[nH]c(=O)c2C(c2sccc2C)C1C(=O)OC(C)C. The predicted molar refractivity (Wildman–Crippen MR) is 119 cm³/mol. The lowest BCUT2D eigenvalue weighted by atomic mass is 9.79. The van der Waals surface area contributed by atoms with Gasteiger partial charge in [0.1, 0.15) is 5.92 Å². The topological polar surface area (TPSA) is 84.4 Å². The van der Waals surface area contributed by atoms with Crippen LogP contribution < -0.4 is 5.56 Å². The lowest BCUT2D eigenvalue weighted by Crippen LogP contribution is -2.37. The fourth-order valence-electron chi connectivity index (χ4n) is 3.37. The molecule has 1 aliphatic rings. The van der Waals surface area contributed by atoms with Crippen molar-refractivity contribution in [1.29, 1.82) is 0 Å². The summed E-state index contributed by atoms with van der Waals surface area (Å²) in [5, 5.41) is 2.54. The molecule has 1 aliphatic heterocycles. The molecule has 3 heterocycles. The van der Waals surface area contributed by atoms with Crippen LogP contribution in [0.15, 0.2) is 26.4 Å². The minimum Gasteiger partial charge on any atom is -0.462 e. The van der Waals surface area contributed by atoms with Gasteiger partial charge in [-0.2, -0.15) is 0 Å². The van der Waals surface area contributed by atoms with Gasteiger partial charge in [-0.15, -0.1) is 11.3 Å². The lowest BCUT2D eigenvalue weighted by molar-refractivity contribution is -0.150. The summed E-state index contributed by atoms with van der Waals surface area (Å²) >= 11 is 3.05. The molecule has 2 aromatic rings. The predicted octanol–water partition coefficient (Wildman–Crippen LogP) is 4.69. The molecule has 0 saturated heterocycles. The molecule has 6 nitrogen and oxygen atoms in total. The van der Waals surface area contributed by atoms with Gasteiger partial charge in [0.15, 0.2) is 11.0 Å².